The van der Waals surface area contributed by atoms with Crippen molar-refractivity contribution in [3.05, 3.63) is 53.6 Å². The molecule has 2 amide bonds. The number of ether oxygens (including phenoxy) is 3. The molecule has 0 bridgehead atoms. The molecule has 0 saturated heterocycles. The summed E-state index contributed by atoms with van der Waals surface area (Å²) in [4.78, 5) is 39.0. The van der Waals surface area contributed by atoms with Gasteiger partial charge in [-0.25, -0.2) is 4.79 Å². The lowest BCUT2D eigenvalue weighted by atomic mass is 9.98. The normalized spacial score (nSPS) is 16.8. The highest BCUT2D eigenvalue weighted by atomic mass is 16.6. The third kappa shape index (κ3) is 4.07. The molecule has 0 aliphatic carbocycles. The lowest BCUT2D eigenvalue weighted by Gasteiger charge is -2.29. The van der Waals surface area contributed by atoms with Crippen molar-refractivity contribution in [2.45, 2.75) is 19.4 Å². The summed E-state index contributed by atoms with van der Waals surface area (Å²) in [6, 6.07) is 12.2. The minimum atomic E-state index is -0.936. The molecule has 1 atom stereocenters. The molecule has 0 spiro atoms. The third-order valence-electron chi connectivity index (χ3n) is 5.02. The fraction of sp³-hybridized carbons (Fsp3) is 0.318. The number of hydrogen-bond acceptors (Lipinski definition) is 6. The number of nitrogens with zero attached hydrogens (tertiary/aromatic N) is 1. The van der Waals surface area contributed by atoms with Gasteiger partial charge < -0.3 is 24.4 Å². The van der Waals surface area contributed by atoms with Crippen molar-refractivity contribution in [2.75, 3.05) is 31.6 Å². The number of fused-ring (bicyclic) bond motifs is 2. The summed E-state index contributed by atoms with van der Waals surface area (Å²) >= 11 is 0. The van der Waals surface area contributed by atoms with E-state index in [4.69, 9.17) is 14.2 Å². The number of amides is 2. The molecule has 2 aromatic carbocycles. The number of benzene rings is 2. The van der Waals surface area contributed by atoms with Crippen LogP contribution in [0, 0.1) is 0 Å². The largest absolute Gasteiger partial charge is 0.486 e. The van der Waals surface area contributed by atoms with Gasteiger partial charge in [-0.05, 0) is 30.7 Å². The van der Waals surface area contributed by atoms with E-state index >= 15 is 0 Å². The Kier molecular flexibility index (Phi) is 5.56. The predicted molar refractivity (Wildman–Crippen MR) is 108 cm³/mol. The zero-order valence-electron chi connectivity index (χ0n) is 16.6. The second kappa shape index (κ2) is 8.44. The van der Waals surface area contributed by atoms with Crippen molar-refractivity contribution < 1.29 is 28.6 Å². The molecule has 2 heterocycles. The monoisotopic (exact) mass is 410 g/mol. The van der Waals surface area contributed by atoms with Crippen molar-refractivity contribution in [2.24, 2.45) is 0 Å². The van der Waals surface area contributed by atoms with Gasteiger partial charge in [0.05, 0.1) is 12.1 Å². The highest BCUT2D eigenvalue weighted by molar-refractivity contribution is 5.98. The van der Waals surface area contributed by atoms with E-state index in [1.807, 2.05) is 6.07 Å². The zero-order valence-corrected chi connectivity index (χ0v) is 16.6. The molecule has 30 heavy (non-hydrogen) atoms. The summed E-state index contributed by atoms with van der Waals surface area (Å²) in [5.41, 5.74) is 1.79. The van der Waals surface area contributed by atoms with Gasteiger partial charge in [-0.3, -0.25) is 9.59 Å². The van der Waals surface area contributed by atoms with E-state index in [-0.39, 0.29) is 12.5 Å². The SMILES string of the molecule is CCN(CC(=O)Nc1ccc2c(c1)OCCO2)C(=O)[C@@H]1Cc2ccccc2C(=O)O1. The van der Waals surface area contributed by atoms with E-state index in [0.717, 1.165) is 5.56 Å². The lowest BCUT2D eigenvalue weighted by molar-refractivity contribution is -0.143. The Bertz CT molecular complexity index is 989. The first-order chi connectivity index (χ1) is 14.5. The van der Waals surface area contributed by atoms with Gasteiger partial charge >= 0.3 is 5.97 Å². The standard InChI is InChI=1S/C22H22N2O6/c1-2-24(21(26)19-11-14-5-3-4-6-16(14)22(27)30-19)13-20(25)23-15-7-8-17-18(12-15)29-10-9-28-17/h3-8,12,19H,2,9-11,13H2,1H3,(H,23,25)/t19-/m0/s1. The van der Waals surface area contributed by atoms with Crippen LogP contribution in [0.4, 0.5) is 5.69 Å². The third-order valence-corrected chi connectivity index (χ3v) is 5.02. The highest BCUT2D eigenvalue weighted by Gasteiger charge is 2.34. The van der Waals surface area contributed by atoms with Crippen molar-refractivity contribution >= 4 is 23.5 Å². The fourth-order valence-electron chi connectivity index (χ4n) is 3.51. The van der Waals surface area contributed by atoms with Crippen molar-refractivity contribution in [3.63, 3.8) is 0 Å². The summed E-state index contributed by atoms with van der Waals surface area (Å²) in [5.74, 6) is -0.0756. The lowest BCUT2D eigenvalue weighted by Crippen LogP contribution is -2.47. The maximum absolute atomic E-state index is 12.9. The van der Waals surface area contributed by atoms with E-state index in [1.54, 1.807) is 43.3 Å². The first kappa shape index (κ1) is 19.8. The van der Waals surface area contributed by atoms with Crippen LogP contribution in [-0.2, 0) is 20.7 Å². The average molecular weight is 410 g/mol. The quantitative estimate of drug-likeness (QED) is 0.758. The average Bonchev–Trinajstić information content (AvgIpc) is 2.77. The van der Waals surface area contributed by atoms with Gasteiger partial charge in [-0.2, -0.15) is 0 Å². The Hall–Kier alpha value is -3.55. The molecular formula is C22H22N2O6. The fourth-order valence-corrected chi connectivity index (χ4v) is 3.51. The van der Waals surface area contributed by atoms with Crippen LogP contribution in [-0.4, -0.2) is 55.1 Å². The summed E-state index contributed by atoms with van der Waals surface area (Å²) < 4.78 is 16.3. The van der Waals surface area contributed by atoms with Crippen molar-refractivity contribution in [1.29, 1.82) is 0 Å². The number of nitrogens with one attached hydrogen (secondary N) is 1. The summed E-state index contributed by atoms with van der Waals surface area (Å²) in [5, 5.41) is 2.76. The van der Waals surface area contributed by atoms with Gasteiger partial charge in [0.25, 0.3) is 5.91 Å². The van der Waals surface area contributed by atoms with Crippen LogP contribution >= 0.6 is 0 Å². The number of cyclic esters (lactones) is 1. The molecule has 0 radical (unpaired) electrons. The van der Waals surface area contributed by atoms with Crippen LogP contribution < -0.4 is 14.8 Å². The Balaban J connectivity index is 1.40. The number of carbonyl (C=O) groups excluding carboxylic acids is 3. The molecule has 0 aromatic heterocycles. The first-order valence-electron chi connectivity index (χ1n) is 9.82. The molecule has 4 rings (SSSR count). The maximum Gasteiger partial charge on any atom is 0.339 e. The second-order valence-corrected chi connectivity index (χ2v) is 7.01. The van der Waals surface area contributed by atoms with E-state index in [0.29, 0.717) is 48.9 Å². The molecule has 1 N–H and O–H groups in total. The topological polar surface area (TPSA) is 94.2 Å². The Morgan fingerprint density at radius 3 is 2.67 bits per heavy atom. The van der Waals surface area contributed by atoms with E-state index in [2.05, 4.69) is 5.32 Å². The molecule has 0 fully saturated rings. The molecule has 8 heteroatoms. The predicted octanol–water partition coefficient (Wildman–Crippen LogP) is 2.03. The second-order valence-electron chi connectivity index (χ2n) is 7.01. The Labute approximate surface area is 173 Å². The van der Waals surface area contributed by atoms with Gasteiger partial charge in [-0.1, -0.05) is 18.2 Å². The molecule has 2 aromatic rings. The van der Waals surface area contributed by atoms with Crippen molar-refractivity contribution in [3.8, 4) is 11.5 Å². The molecule has 0 saturated carbocycles. The number of esters is 1. The molecule has 2 aliphatic heterocycles. The van der Waals surface area contributed by atoms with Crippen LogP contribution in [0.1, 0.15) is 22.8 Å². The minimum Gasteiger partial charge on any atom is -0.486 e. The number of carbonyl (C=O) groups is 3. The molecule has 8 nitrogen and oxygen atoms in total. The van der Waals surface area contributed by atoms with E-state index in [1.165, 1.54) is 4.90 Å². The van der Waals surface area contributed by atoms with Gasteiger partial charge in [0.15, 0.2) is 17.6 Å². The van der Waals surface area contributed by atoms with Gasteiger partial charge in [-0.15, -0.1) is 0 Å². The number of hydrogen-bond donors (Lipinski definition) is 1. The Morgan fingerprint density at radius 2 is 1.87 bits per heavy atom. The van der Waals surface area contributed by atoms with Crippen LogP contribution in [0.3, 0.4) is 0 Å². The van der Waals surface area contributed by atoms with Crippen LogP contribution in [0.25, 0.3) is 0 Å². The van der Waals surface area contributed by atoms with Crippen LogP contribution in [0.5, 0.6) is 11.5 Å². The Morgan fingerprint density at radius 1 is 1.10 bits per heavy atom. The van der Waals surface area contributed by atoms with Gasteiger partial charge in [0.1, 0.15) is 13.2 Å². The summed E-state index contributed by atoms with van der Waals surface area (Å²) in [6.07, 6.45) is -0.643. The molecular weight excluding hydrogens is 388 g/mol. The maximum atomic E-state index is 12.9. The number of rotatable bonds is 5. The minimum absolute atomic E-state index is 0.153. The highest BCUT2D eigenvalue weighted by Crippen LogP contribution is 2.32. The van der Waals surface area contributed by atoms with Gasteiger partial charge in [0, 0.05) is 24.7 Å². The van der Waals surface area contributed by atoms with Crippen LogP contribution in [0.15, 0.2) is 42.5 Å². The molecule has 156 valence electrons. The number of anilines is 1. The first-order valence-corrected chi connectivity index (χ1v) is 9.82. The summed E-state index contributed by atoms with van der Waals surface area (Å²) in [7, 11) is 0. The summed E-state index contributed by atoms with van der Waals surface area (Å²) in [6.45, 7) is 2.87. The van der Waals surface area contributed by atoms with Crippen molar-refractivity contribution in [1.82, 2.24) is 4.90 Å². The zero-order chi connectivity index (χ0) is 21.1. The van der Waals surface area contributed by atoms with E-state index in [9.17, 15) is 14.4 Å². The number of likely N-dealkylation sites (N-methyl/N-ethyl adjacent to an activating group) is 1. The van der Waals surface area contributed by atoms with E-state index < -0.39 is 18.0 Å². The smallest absolute Gasteiger partial charge is 0.339 e. The van der Waals surface area contributed by atoms with Crippen LogP contribution in [0.2, 0.25) is 0 Å². The van der Waals surface area contributed by atoms with Gasteiger partial charge in [0.2, 0.25) is 5.91 Å². The molecule has 2 aliphatic rings. The molecule has 0 unspecified atom stereocenters.